The van der Waals surface area contributed by atoms with Gasteiger partial charge in [0.1, 0.15) is 6.54 Å². The highest BCUT2D eigenvalue weighted by molar-refractivity contribution is 6.04. The van der Waals surface area contributed by atoms with Crippen LogP contribution in [-0.4, -0.2) is 47.2 Å². The van der Waals surface area contributed by atoms with Crippen LogP contribution in [0.5, 0.6) is 0 Å². The van der Waals surface area contributed by atoms with E-state index in [0.717, 1.165) is 4.90 Å². The first kappa shape index (κ1) is 16.4. The number of nitro benzene ring substituents is 1. The zero-order chi connectivity index (χ0) is 16.8. The van der Waals surface area contributed by atoms with Crippen LogP contribution < -0.4 is 10.6 Å². The second kappa shape index (κ2) is 7.34. The van der Waals surface area contributed by atoms with Gasteiger partial charge < -0.3 is 10.6 Å². The van der Waals surface area contributed by atoms with E-state index < -0.39 is 10.8 Å². The highest BCUT2D eigenvalue weighted by Crippen LogP contribution is 2.15. The fourth-order valence-corrected chi connectivity index (χ4v) is 2.11. The maximum absolute atomic E-state index is 11.7. The lowest BCUT2D eigenvalue weighted by atomic mass is 10.3. The van der Waals surface area contributed by atoms with Crippen LogP contribution in [0.1, 0.15) is 12.8 Å². The average Bonchev–Trinajstić information content (AvgIpc) is 2.84. The zero-order valence-corrected chi connectivity index (χ0v) is 12.3. The molecule has 0 spiro atoms. The van der Waals surface area contributed by atoms with Crippen LogP contribution in [0.3, 0.4) is 0 Å². The van der Waals surface area contributed by atoms with E-state index in [1.54, 1.807) is 12.1 Å². The van der Waals surface area contributed by atoms with Gasteiger partial charge in [-0.1, -0.05) is 0 Å². The van der Waals surface area contributed by atoms with Crippen LogP contribution in [0.25, 0.3) is 0 Å². The van der Waals surface area contributed by atoms with E-state index in [0.29, 0.717) is 18.8 Å². The molecule has 1 saturated heterocycles. The molecule has 1 aliphatic heterocycles. The normalized spacial score (nSPS) is 14.0. The molecule has 23 heavy (non-hydrogen) atoms. The summed E-state index contributed by atoms with van der Waals surface area (Å²) in [5, 5.41) is 16.1. The number of hydrogen-bond acceptors (Lipinski definition) is 6. The summed E-state index contributed by atoms with van der Waals surface area (Å²) in [4.78, 5) is 45.4. The molecule has 1 heterocycles. The Morgan fingerprint density at radius 3 is 2.30 bits per heavy atom. The Kier molecular flexibility index (Phi) is 5.23. The second-order valence-corrected chi connectivity index (χ2v) is 4.95. The minimum absolute atomic E-state index is 0.00352. The van der Waals surface area contributed by atoms with Gasteiger partial charge in [0.15, 0.2) is 0 Å². The molecular weight excluding hydrogens is 304 g/mol. The van der Waals surface area contributed by atoms with Crippen LogP contribution in [0.15, 0.2) is 24.3 Å². The summed E-state index contributed by atoms with van der Waals surface area (Å²) in [6, 6.07) is 5.90. The first-order chi connectivity index (χ1) is 11.0. The third-order valence-electron chi connectivity index (χ3n) is 3.31. The van der Waals surface area contributed by atoms with Crippen molar-refractivity contribution in [3.05, 3.63) is 34.4 Å². The van der Waals surface area contributed by atoms with Gasteiger partial charge in [-0.15, -0.1) is 0 Å². The molecule has 2 rings (SSSR count). The molecular formula is C14H16N4O5. The summed E-state index contributed by atoms with van der Waals surface area (Å²) < 4.78 is 0. The molecule has 122 valence electrons. The van der Waals surface area contributed by atoms with Crippen molar-refractivity contribution in [2.24, 2.45) is 0 Å². The number of imide groups is 1. The van der Waals surface area contributed by atoms with Gasteiger partial charge in [0, 0.05) is 43.8 Å². The van der Waals surface area contributed by atoms with Crippen molar-refractivity contribution in [2.45, 2.75) is 12.8 Å². The highest BCUT2D eigenvalue weighted by Gasteiger charge is 2.30. The summed E-state index contributed by atoms with van der Waals surface area (Å²) in [6.07, 6.45) is 0.321. The standard InChI is InChI=1S/C14H16N4O5/c19-12(9-17-13(20)5-6-14(17)21)16-8-7-15-10-1-3-11(4-2-10)18(22)23/h1-4,15H,5-9H2,(H,16,19). The van der Waals surface area contributed by atoms with Crippen molar-refractivity contribution in [2.75, 3.05) is 25.0 Å². The molecule has 1 aromatic rings. The number of anilines is 1. The fourth-order valence-electron chi connectivity index (χ4n) is 2.11. The maximum atomic E-state index is 11.7. The van der Waals surface area contributed by atoms with E-state index in [1.807, 2.05) is 0 Å². The van der Waals surface area contributed by atoms with E-state index in [1.165, 1.54) is 12.1 Å². The third-order valence-corrected chi connectivity index (χ3v) is 3.31. The van der Waals surface area contributed by atoms with Gasteiger partial charge in [0.2, 0.25) is 17.7 Å². The predicted molar refractivity (Wildman–Crippen MR) is 80.5 cm³/mol. The van der Waals surface area contributed by atoms with Gasteiger partial charge in [-0.25, -0.2) is 0 Å². The minimum Gasteiger partial charge on any atom is -0.383 e. The van der Waals surface area contributed by atoms with Crippen molar-refractivity contribution >= 4 is 29.1 Å². The van der Waals surface area contributed by atoms with E-state index >= 15 is 0 Å². The van der Waals surface area contributed by atoms with Gasteiger partial charge in [0.05, 0.1) is 4.92 Å². The van der Waals surface area contributed by atoms with Gasteiger partial charge >= 0.3 is 0 Å². The van der Waals surface area contributed by atoms with E-state index in [4.69, 9.17) is 0 Å². The molecule has 0 aliphatic carbocycles. The number of hydrogen-bond donors (Lipinski definition) is 2. The number of carbonyl (C=O) groups is 3. The maximum Gasteiger partial charge on any atom is 0.269 e. The van der Waals surface area contributed by atoms with Crippen LogP contribution in [0.4, 0.5) is 11.4 Å². The quantitative estimate of drug-likeness (QED) is 0.322. The molecule has 0 unspecified atom stereocenters. The molecule has 9 heteroatoms. The number of benzene rings is 1. The highest BCUT2D eigenvalue weighted by atomic mass is 16.6. The molecule has 0 atom stereocenters. The molecule has 0 aromatic heterocycles. The Balaban J connectivity index is 1.68. The van der Waals surface area contributed by atoms with Gasteiger partial charge in [-0.2, -0.15) is 0 Å². The van der Waals surface area contributed by atoms with Crippen molar-refractivity contribution in [1.82, 2.24) is 10.2 Å². The fraction of sp³-hybridized carbons (Fsp3) is 0.357. The summed E-state index contributed by atoms with van der Waals surface area (Å²) in [5.41, 5.74) is 0.693. The molecule has 9 nitrogen and oxygen atoms in total. The lowest BCUT2D eigenvalue weighted by Gasteiger charge is -2.13. The molecule has 0 bridgehead atoms. The summed E-state index contributed by atoms with van der Waals surface area (Å²) in [5.74, 6) is -1.05. The topological polar surface area (TPSA) is 122 Å². The zero-order valence-electron chi connectivity index (χ0n) is 12.3. The Morgan fingerprint density at radius 1 is 1.13 bits per heavy atom. The monoisotopic (exact) mass is 320 g/mol. The number of nitrogens with zero attached hydrogens (tertiary/aromatic N) is 2. The van der Waals surface area contributed by atoms with Gasteiger partial charge in [0.25, 0.3) is 5.69 Å². The van der Waals surface area contributed by atoms with E-state index in [-0.39, 0.29) is 36.9 Å². The largest absolute Gasteiger partial charge is 0.383 e. The van der Waals surface area contributed by atoms with Crippen LogP contribution >= 0.6 is 0 Å². The van der Waals surface area contributed by atoms with Crippen molar-refractivity contribution in [1.29, 1.82) is 0 Å². The van der Waals surface area contributed by atoms with Crippen LogP contribution in [0, 0.1) is 10.1 Å². The molecule has 1 aliphatic rings. The van der Waals surface area contributed by atoms with Gasteiger partial charge in [-0.3, -0.25) is 29.4 Å². The molecule has 1 aromatic carbocycles. The predicted octanol–water partition coefficient (Wildman–Crippen LogP) is 0.272. The van der Waals surface area contributed by atoms with Crippen LogP contribution in [-0.2, 0) is 14.4 Å². The number of non-ortho nitro benzene ring substituents is 1. The summed E-state index contributed by atoms with van der Waals surface area (Å²) in [7, 11) is 0. The number of carbonyl (C=O) groups excluding carboxylic acids is 3. The van der Waals surface area contributed by atoms with E-state index in [9.17, 15) is 24.5 Å². The Labute approximate surface area is 131 Å². The average molecular weight is 320 g/mol. The van der Waals surface area contributed by atoms with Crippen molar-refractivity contribution in [3.63, 3.8) is 0 Å². The van der Waals surface area contributed by atoms with Crippen molar-refractivity contribution in [3.8, 4) is 0 Å². The van der Waals surface area contributed by atoms with E-state index in [2.05, 4.69) is 10.6 Å². The SMILES string of the molecule is O=C(CN1C(=O)CCC1=O)NCCNc1ccc([N+](=O)[O-])cc1. The first-order valence-corrected chi connectivity index (χ1v) is 7.05. The Bertz CT molecular complexity index is 613. The number of rotatable bonds is 7. The summed E-state index contributed by atoms with van der Waals surface area (Å²) in [6.45, 7) is 0.451. The first-order valence-electron chi connectivity index (χ1n) is 7.05. The molecule has 2 N–H and O–H groups in total. The number of amides is 3. The molecule has 0 saturated carbocycles. The Hall–Kier alpha value is -2.97. The number of likely N-dealkylation sites (tertiary alicyclic amines) is 1. The van der Waals surface area contributed by atoms with Crippen molar-refractivity contribution < 1.29 is 19.3 Å². The summed E-state index contributed by atoms with van der Waals surface area (Å²) >= 11 is 0. The minimum atomic E-state index is -0.481. The van der Waals surface area contributed by atoms with Gasteiger partial charge in [-0.05, 0) is 12.1 Å². The molecule has 0 radical (unpaired) electrons. The molecule has 3 amide bonds. The lowest BCUT2D eigenvalue weighted by Crippen LogP contribution is -2.41. The smallest absolute Gasteiger partial charge is 0.269 e. The van der Waals surface area contributed by atoms with Crippen LogP contribution in [0.2, 0.25) is 0 Å². The number of nitrogens with one attached hydrogen (secondary N) is 2. The Morgan fingerprint density at radius 2 is 1.74 bits per heavy atom. The second-order valence-electron chi connectivity index (χ2n) is 4.95. The lowest BCUT2D eigenvalue weighted by molar-refractivity contribution is -0.384. The third kappa shape index (κ3) is 4.50. The number of nitro groups is 1. The molecule has 1 fully saturated rings.